The van der Waals surface area contributed by atoms with Gasteiger partial charge in [-0.1, -0.05) is 66.7 Å². The number of carbonyl (C=O) groups is 1. The van der Waals surface area contributed by atoms with Crippen molar-refractivity contribution in [2.75, 3.05) is 36.1 Å². The normalized spacial score (nSPS) is 13.5. The summed E-state index contributed by atoms with van der Waals surface area (Å²) in [6, 6.07) is 30.6. The number of anilines is 1. The van der Waals surface area contributed by atoms with E-state index < -0.39 is 17.7 Å². The largest absolute Gasteiger partial charge is 0.490 e. The second-order valence-electron chi connectivity index (χ2n) is 10.7. The van der Waals surface area contributed by atoms with E-state index in [4.69, 9.17) is 9.84 Å². The predicted octanol–water partition coefficient (Wildman–Crippen LogP) is 5.69. The Kier molecular flexibility index (Phi) is 9.17. The number of benzene rings is 4. The second-order valence-corrected chi connectivity index (χ2v) is 11.9. The van der Waals surface area contributed by atoms with E-state index in [2.05, 4.69) is 4.90 Å². The van der Waals surface area contributed by atoms with E-state index >= 15 is 0 Å². The first-order valence-electron chi connectivity index (χ1n) is 14.8. The molecule has 4 aromatic carbocycles. The molecule has 1 fully saturated rings. The van der Waals surface area contributed by atoms with Crippen LogP contribution in [0.25, 0.3) is 10.9 Å². The van der Waals surface area contributed by atoms with Crippen molar-refractivity contribution in [2.45, 2.75) is 12.6 Å². The van der Waals surface area contributed by atoms with Crippen LogP contribution >= 0.6 is 11.8 Å². The minimum Gasteiger partial charge on any atom is -0.490 e. The number of hydrogen-bond donors (Lipinski definition) is 1. The number of aromatic carboxylic acids is 1. The van der Waals surface area contributed by atoms with E-state index in [1.165, 1.54) is 16.7 Å². The van der Waals surface area contributed by atoms with Gasteiger partial charge in [0, 0.05) is 36.8 Å². The maximum atomic E-state index is 14.4. The zero-order valence-corrected chi connectivity index (χ0v) is 25.4. The van der Waals surface area contributed by atoms with Gasteiger partial charge in [-0.2, -0.15) is 11.8 Å². The average molecular weight is 620 g/mol. The summed E-state index contributed by atoms with van der Waals surface area (Å²) in [5, 5.41) is 9.59. The number of carboxylic acid groups (broad SMARTS) is 1. The van der Waals surface area contributed by atoms with Gasteiger partial charge in [0.25, 0.3) is 5.56 Å². The van der Waals surface area contributed by atoms with Gasteiger partial charge < -0.3 is 14.7 Å². The van der Waals surface area contributed by atoms with E-state index in [-0.39, 0.29) is 24.3 Å². The number of rotatable bonds is 10. The number of ether oxygens (including phenoxy) is 1. The van der Waals surface area contributed by atoms with Crippen molar-refractivity contribution >= 4 is 34.3 Å². The van der Waals surface area contributed by atoms with Crippen molar-refractivity contribution in [3.8, 4) is 5.75 Å². The van der Waals surface area contributed by atoms with Gasteiger partial charge in [-0.05, 0) is 59.7 Å². The molecule has 1 aliphatic rings. The first kappa shape index (κ1) is 30.0. The average Bonchev–Trinajstić information content (AvgIpc) is 3.09. The predicted molar refractivity (Wildman–Crippen MR) is 180 cm³/mol. The summed E-state index contributed by atoms with van der Waals surface area (Å²) in [5.74, 6) is 1.61. The molecule has 45 heavy (non-hydrogen) atoms. The molecule has 0 bridgehead atoms. The van der Waals surface area contributed by atoms with Crippen LogP contribution in [0.4, 0.5) is 5.69 Å². The van der Waals surface area contributed by atoms with Gasteiger partial charge in [-0.3, -0.25) is 9.36 Å². The molecule has 0 saturated carbocycles. The van der Waals surface area contributed by atoms with E-state index in [0.29, 0.717) is 16.7 Å². The highest BCUT2D eigenvalue weighted by atomic mass is 32.2. The molecular weight excluding hydrogens is 586 g/mol. The fraction of sp³-hybridized carbons (Fsp3) is 0.194. The van der Waals surface area contributed by atoms with Crippen molar-refractivity contribution in [1.29, 1.82) is 0 Å². The van der Waals surface area contributed by atoms with E-state index in [1.54, 1.807) is 16.7 Å². The Balaban J connectivity index is 1.41. The van der Waals surface area contributed by atoms with Crippen LogP contribution in [0.3, 0.4) is 0 Å². The molecule has 0 unspecified atom stereocenters. The first-order chi connectivity index (χ1) is 22.0. The highest BCUT2D eigenvalue weighted by Crippen LogP contribution is 2.27. The SMILES string of the molecule is O=C(O)c1ccc(OC/C=C/Cn2c(=O)n(C(c3ccccc3)c3ccccc3)c(=O)c3ccc(N4CCSCC4)cc32)cc1. The molecule has 2 heterocycles. The molecule has 5 aromatic rings. The van der Waals surface area contributed by atoms with Crippen molar-refractivity contribution in [3.63, 3.8) is 0 Å². The second kappa shape index (κ2) is 13.7. The van der Waals surface area contributed by atoms with Gasteiger partial charge in [-0.25, -0.2) is 14.2 Å². The van der Waals surface area contributed by atoms with Crippen LogP contribution in [0.15, 0.2) is 125 Å². The fourth-order valence-corrected chi connectivity index (χ4v) is 6.55. The summed E-state index contributed by atoms with van der Waals surface area (Å²) in [4.78, 5) is 42.1. The lowest BCUT2D eigenvalue weighted by Gasteiger charge is -2.29. The summed E-state index contributed by atoms with van der Waals surface area (Å²) >= 11 is 1.92. The number of fused-ring (bicyclic) bond motifs is 1. The third-order valence-electron chi connectivity index (χ3n) is 7.93. The number of carboxylic acids is 1. The monoisotopic (exact) mass is 619 g/mol. The highest BCUT2D eigenvalue weighted by molar-refractivity contribution is 7.99. The molecule has 0 aliphatic carbocycles. The van der Waals surface area contributed by atoms with Crippen LogP contribution < -0.4 is 20.9 Å². The van der Waals surface area contributed by atoms with Crippen LogP contribution in [0.2, 0.25) is 0 Å². The van der Waals surface area contributed by atoms with Crippen molar-refractivity contribution in [1.82, 2.24) is 9.13 Å². The molecule has 8 nitrogen and oxygen atoms in total. The minimum atomic E-state index is -0.996. The van der Waals surface area contributed by atoms with Gasteiger partial charge in [0.1, 0.15) is 12.4 Å². The van der Waals surface area contributed by atoms with Gasteiger partial charge in [0.15, 0.2) is 0 Å². The lowest BCUT2D eigenvalue weighted by Crippen LogP contribution is -2.43. The smallest absolute Gasteiger partial charge is 0.335 e. The number of allylic oxidation sites excluding steroid dienone is 1. The molecule has 0 amide bonds. The van der Waals surface area contributed by atoms with Crippen LogP contribution in [-0.2, 0) is 6.54 Å². The molecule has 9 heteroatoms. The highest BCUT2D eigenvalue weighted by Gasteiger charge is 2.24. The zero-order valence-electron chi connectivity index (χ0n) is 24.6. The Labute approximate surface area is 264 Å². The van der Waals surface area contributed by atoms with Gasteiger partial charge in [-0.15, -0.1) is 0 Å². The minimum absolute atomic E-state index is 0.186. The topological polar surface area (TPSA) is 93.8 Å². The molecule has 0 radical (unpaired) electrons. The Morgan fingerprint density at radius 3 is 2.11 bits per heavy atom. The van der Waals surface area contributed by atoms with Crippen LogP contribution in [-0.4, -0.2) is 51.4 Å². The number of thioether (sulfide) groups is 1. The van der Waals surface area contributed by atoms with Gasteiger partial charge in [0.05, 0.1) is 22.5 Å². The maximum absolute atomic E-state index is 14.4. The van der Waals surface area contributed by atoms with Crippen molar-refractivity contribution < 1.29 is 14.6 Å². The van der Waals surface area contributed by atoms with E-state index in [1.807, 2.05) is 103 Å². The van der Waals surface area contributed by atoms with Crippen molar-refractivity contribution in [2.24, 2.45) is 0 Å². The van der Waals surface area contributed by atoms with Gasteiger partial charge >= 0.3 is 11.7 Å². The Morgan fingerprint density at radius 2 is 1.49 bits per heavy atom. The Hall–Kier alpha value is -5.02. The van der Waals surface area contributed by atoms with E-state index in [0.717, 1.165) is 41.4 Å². The lowest BCUT2D eigenvalue weighted by molar-refractivity contribution is 0.0697. The molecule has 228 valence electrons. The summed E-state index contributed by atoms with van der Waals surface area (Å²) in [7, 11) is 0. The summed E-state index contributed by atoms with van der Waals surface area (Å²) in [5.41, 5.74) is 2.72. The summed E-state index contributed by atoms with van der Waals surface area (Å²) in [6.07, 6.45) is 3.67. The summed E-state index contributed by atoms with van der Waals surface area (Å²) < 4.78 is 8.80. The number of nitrogens with zero attached hydrogens (tertiary/aromatic N) is 3. The summed E-state index contributed by atoms with van der Waals surface area (Å²) in [6.45, 7) is 2.27. The molecule has 1 saturated heterocycles. The Bertz CT molecular complexity index is 1890. The van der Waals surface area contributed by atoms with Crippen LogP contribution in [0.5, 0.6) is 5.75 Å². The number of hydrogen-bond acceptors (Lipinski definition) is 6. The maximum Gasteiger partial charge on any atom is 0.335 e. The molecule has 1 N–H and O–H groups in total. The fourth-order valence-electron chi connectivity index (χ4n) is 5.64. The quantitative estimate of drug-likeness (QED) is 0.201. The van der Waals surface area contributed by atoms with Crippen molar-refractivity contribution in [3.05, 3.63) is 153 Å². The molecular formula is C36H33N3O5S. The van der Waals surface area contributed by atoms with Crippen LogP contribution in [0, 0.1) is 0 Å². The number of aromatic nitrogens is 2. The Morgan fingerprint density at radius 1 is 0.844 bits per heavy atom. The van der Waals surface area contributed by atoms with Gasteiger partial charge in [0.2, 0.25) is 0 Å². The zero-order chi connectivity index (χ0) is 31.2. The molecule has 6 rings (SSSR count). The standard InChI is InChI=1S/C36H33N3O5S/c40-34-31-18-15-29(37-20-23-45-24-21-37)25-32(31)38(19-7-8-22-44-30-16-13-28(14-17-30)35(41)42)36(43)39(34)33(26-9-3-1-4-10-26)27-11-5-2-6-12-27/h1-18,25,33H,19-24H2,(H,41,42)/b8-7+. The molecule has 0 atom stereocenters. The molecule has 0 spiro atoms. The van der Waals surface area contributed by atoms with Crippen LogP contribution in [0.1, 0.15) is 27.5 Å². The first-order valence-corrected chi connectivity index (χ1v) is 16.0. The van der Waals surface area contributed by atoms with E-state index in [9.17, 15) is 14.4 Å². The third-order valence-corrected chi connectivity index (χ3v) is 8.87. The molecule has 1 aliphatic heterocycles. The third kappa shape index (κ3) is 6.58. The molecule has 1 aromatic heterocycles. The lowest BCUT2D eigenvalue weighted by atomic mass is 9.98.